The Balaban J connectivity index is 2.31. The predicted molar refractivity (Wildman–Crippen MR) is 50.2 cm³/mol. The van der Waals surface area contributed by atoms with Gasteiger partial charge in [-0.25, -0.2) is 0 Å². The van der Waals surface area contributed by atoms with E-state index in [1.807, 2.05) is 13.8 Å². The molecule has 13 heavy (non-hydrogen) atoms. The highest BCUT2D eigenvalue weighted by atomic mass is 16.2. The third kappa shape index (κ3) is 3.17. The molecule has 0 aromatic heterocycles. The molecule has 0 radical (unpaired) electrons. The Morgan fingerprint density at radius 1 is 1.62 bits per heavy atom. The zero-order valence-electron chi connectivity index (χ0n) is 8.30. The lowest BCUT2D eigenvalue weighted by Gasteiger charge is -2.11. The lowest BCUT2D eigenvalue weighted by molar-refractivity contribution is -0.127. The van der Waals surface area contributed by atoms with Crippen LogP contribution in [-0.4, -0.2) is 17.7 Å². The van der Waals surface area contributed by atoms with Crippen molar-refractivity contribution in [3.63, 3.8) is 0 Å². The molecule has 74 valence electrons. The summed E-state index contributed by atoms with van der Waals surface area (Å²) >= 11 is 0. The second-order valence-corrected chi connectivity index (χ2v) is 4.08. The minimum atomic E-state index is -0.189. The minimum absolute atomic E-state index is 0.00949. The molecular formula is C10H17NO2. The highest BCUT2D eigenvalue weighted by Crippen LogP contribution is 2.14. The summed E-state index contributed by atoms with van der Waals surface area (Å²) < 4.78 is 0. The fourth-order valence-corrected chi connectivity index (χ4v) is 1.59. The number of ketones is 1. The molecule has 1 fully saturated rings. The molecule has 1 saturated carbocycles. The maximum Gasteiger partial charge on any atom is 0.220 e. The Bertz CT molecular complexity index is 211. The Kier molecular flexibility index (Phi) is 3.46. The van der Waals surface area contributed by atoms with Gasteiger partial charge in [0.05, 0.1) is 6.04 Å². The summed E-state index contributed by atoms with van der Waals surface area (Å²) in [5, 5.41) is 2.77. The van der Waals surface area contributed by atoms with Crippen molar-refractivity contribution in [2.24, 2.45) is 5.92 Å². The molecule has 1 N–H and O–H groups in total. The second-order valence-electron chi connectivity index (χ2n) is 4.08. The number of nitrogens with one attached hydrogen (secondary N) is 1. The van der Waals surface area contributed by atoms with Gasteiger partial charge in [-0.2, -0.15) is 0 Å². The Hall–Kier alpha value is -0.860. The van der Waals surface area contributed by atoms with Crippen LogP contribution >= 0.6 is 0 Å². The average molecular weight is 183 g/mol. The van der Waals surface area contributed by atoms with E-state index >= 15 is 0 Å². The summed E-state index contributed by atoms with van der Waals surface area (Å²) in [7, 11) is 0. The van der Waals surface area contributed by atoms with Crippen LogP contribution in [0.15, 0.2) is 0 Å². The van der Waals surface area contributed by atoms with Crippen LogP contribution in [0, 0.1) is 5.92 Å². The molecule has 0 aromatic carbocycles. The lowest BCUT2D eigenvalue weighted by Crippen LogP contribution is -2.37. The van der Waals surface area contributed by atoms with E-state index in [9.17, 15) is 9.59 Å². The monoisotopic (exact) mass is 183 g/mol. The topological polar surface area (TPSA) is 46.2 Å². The molecule has 1 rings (SSSR count). The van der Waals surface area contributed by atoms with Crippen molar-refractivity contribution in [3.05, 3.63) is 0 Å². The molecule has 1 aliphatic carbocycles. The van der Waals surface area contributed by atoms with Gasteiger partial charge in [-0.1, -0.05) is 13.8 Å². The minimum Gasteiger partial charge on any atom is -0.346 e. The first-order valence-corrected chi connectivity index (χ1v) is 4.91. The van der Waals surface area contributed by atoms with Gasteiger partial charge in [0.2, 0.25) is 5.91 Å². The van der Waals surface area contributed by atoms with Crippen molar-refractivity contribution in [1.29, 1.82) is 0 Å². The molecule has 0 heterocycles. The van der Waals surface area contributed by atoms with E-state index in [4.69, 9.17) is 0 Å². The molecule has 0 aliphatic heterocycles. The number of carbonyl (C=O) groups is 2. The van der Waals surface area contributed by atoms with Crippen molar-refractivity contribution in [3.8, 4) is 0 Å². The van der Waals surface area contributed by atoms with E-state index in [1.165, 1.54) is 0 Å². The molecule has 1 atom stereocenters. The van der Waals surface area contributed by atoms with Gasteiger partial charge in [0.1, 0.15) is 0 Å². The summed E-state index contributed by atoms with van der Waals surface area (Å²) in [6.07, 6.45) is 2.89. The maximum atomic E-state index is 11.3. The summed E-state index contributed by atoms with van der Waals surface area (Å²) in [5.74, 6) is 0.559. The quantitative estimate of drug-likeness (QED) is 0.716. The standard InChI is InChI=1S/C10H17NO2/c1-7(2)6-10(13)11-8-4-3-5-9(8)12/h7-8H,3-6H2,1-2H3,(H,11,13). The highest BCUT2D eigenvalue weighted by molar-refractivity contribution is 5.90. The first kappa shape index (κ1) is 10.2. The Labute approximate surface area is 78.9 Å². The van der Waals surface area contributed by atoms with Crippen LogP contribution in [0.3, 0.4) is 0 Å². The zero-order valence-corrected chi connectivity index (χ0v) is 8.30. The van der Waals surface area contributed by atoms with Gasteiger partial charge in [-0.3, -0.25) is 9.59 Å². The molecule has 0 aromatic rings. The fraction of sp³-hybridized carbons (Fsp3) is 0.800. The first-order valence-electron chi connectivity index (χ1n) is 4.91. The molecule has 1 amide bonds. The van der Waals surface area contributed by atoms with Crippen molar-refractivity contribution < 1.29 is 9.59 Å². The van der Waals surface area contributed by atoms with Gasteiger partial charge in [0.25, 0.3) is 0 Å². The normalized spacial score (nSPS) is 22.4. The molecule has 3 heteroatoms. The zero-order chi connectivity index (χ0) is 9.84. The van der Waals surface area contributed by atoms with Gasteiger partial charge in [-0.05, 0) is 18.8 Å². The Morgan fingerprint density at radius 2 is 2.31 bits per heavy atom. The summed E-state index contributed by atoms with van der Waals surface area (Å²) in [5.41, 5.74) is 0. The van der Waals surface area contributed by atoms with Crippen molar-refractivity contribution in [2.75, 3.05) is 0 Å². The molecule has 3 nitrogen and oxygen atoms in total. The molecule has 1 unspecified atom stereocenters. The van der Waals surface area contributed by atoms with Crippen LogP contribution in [0.2, 0.25) is 0 Å². The van der Waals surface area contributed by atoms with E-state index in [0.717, 1.165) is 12.8 Å². The van der Waals surface area contributed by atoms with Crippen molar-refractivity contribution >= 4 is 11.7 Å². The van der Waals surface area contributed by atoms with Crippen LogP contribution in [0.5, 0.6) is 0 Å². The van der Waals surface area contributed by atoms with Crippen LogP contribution in [0.4, 0.5) is 0 Å². The largest absolute Gasteiger partial charge is 0.346 e. The van der Waals surface area contributed by atoms with Gasteiger partial charge >= 0.3 is 0 Å². The molecule has 0 bridgehead atoms. The number of carbonyl (C=O) groups excluding carboxylic acids is 2. The summed E-state index contributed by atoms with van der Waals surface area (Å²) in [4.78, 5) is 22.5. The SMILES string of the molecule is CC(C)CC(=O)NC1CCCC1=O. The van der Waals surface area contributed by atoms with Crippen LogP contribution in [-0.2, 0) is 9.59 Å². The number of hydrogen-bond donors (Lipinski definition) is 1. The number of rotatable bonds is 3. The molecular weight excluding hydrogens is 166 g/mol. The van der Waals surface area contributed by atoms with Crippen molar-refractivity contribution in [1.82, 2.24) is 5.32 Å². The van der Waals surface area contributed by atoms with Gasteiger partial charge in [0.15, 0.2) is 5.78 Å². The van der Waals surface area contributed by atoms with Gasteiger partial charge in [0, 0.05) is 12.8 Å². The van der Waals surface area contributed by atoms with Crippen LogP contribution in [0.25, 0.3) is 0 Å². The third-order valence-corrected chi connectivity index (χ3v) is 2.23. The molecule has 0 saturated heterocycles. The second kappa shape index (κ2) is 4.40. The van der Waals surface area contributed by atoms with E-state index in [2.05, 4.69) is 5.32 Å². The number of amides is 1. The van der Waals surface area contributed by atoms with E-state index in [0.29, 0.717) is 18.8 Å². The van der Waals surface area contributed by atoms with Crippen molar-refractivity contribution in [2.45, 2.75) is 45.6 Å². The maximum absolute atomic E-state index is 11.3. The number of Topliss-reactive ketones (excluding diaryl/α,β-unsaturated/α-hetero) is 1. The first-order chi connectivity index (χ1) is 6.09. The third-order valence-electron chi connectivity index (χ3n) is 2.23. The predicted octanol–water partition coefficient (Wildman–Crippen LogP) is 1.27. The lowest BCUT2D eigenvalue weighted by atomic mass is 10.1. The molecule has 1 aliphatic rings. The molecule has 0 spiro atoms. The number of hydrogen-bond acceptors (Lipinski definition) is 2. The summed E-state index contributed by atoms with van der Waals surface area (Å²) in [6.45, 7) is 3.99. The van der Waals surface area contributed by atoms with Gasteiger partial charge < -0.3 is 5.32 Å². The average Bonchev–Trinajstić information content (AvgIpc) is 2.34. The highest BCUT2D eigenvalue weighted by Gasteiger charge is 2.25. The van der Waals surface area contributed by atoms with E-state index < -0.39 is 0 Å². The summed E-state index contributed by atoms with van der Waals surface area (Å²) in [6, 6.07) is -0.189. The van der Waals surface area contributed by atoms with Gasteiger partial charge in [-0.15, -0.1) is 0 Å². The van der Waals surface area contributed by atoms with E-state index in [1.54, 1.807) is 0 Å². The van der Waals surface area contributed by atoms with E-state index in [-0.39, 0.29) is 17.7 Å². The Morgan fingerprint density at radius 3 is 2.77 bits per heavy atom. The van der Waals surface area contributed by atoms with Crippen LogP contribution < -0.4 is 5.32 Å². The van der Waals surface area contributed by atoms with Crippen LogP contribution in [0.1, 0.15) is 39.5 Å². The smallest absolute Gasteiger partial charge is 0.220 e. The fourth-order valence-electron chi connectivity index (χ4n) is 1.59.